The van der Waals surface area contributed by atoms with Gasteiger partial charge in [0.15, 0.2) is 6.10 Å². The summed E-state index contributed by atoms with van der Waals surface area (Å²) in [5.74, 6) is 1.07. The lowest BCUT2D eigenvalue weighted by molar-refractivity contribution is -0.122. The van der Waals surface area contributed by atoms with Crippen molar-refractivity contribution in [2.75, 3.05) is 5.32 Å². The summed E-state index contributed by atoms with van der Waals surface area (Å²) in [6, 6.07) is 35.3. The van der Waals surface area contributed by atoms with E-state index in [9.17, 15) is 4.79 Å². The zero-order valence-corrected chi connectivity index (χ0v) is 18.6. The highest BCUT2D eigenvalue weighted by Gasteiger charge is 2.20. The van der Waals surface area contributed by atoms with Gasteiger partial charge in [0.25, 0.3) is 5.91 Å². The Kier molecular flexibility index (Phi) is 7.39. The number of hydrogen-bond donors (Lipinski definition) is 1. The summed E-state index contributed by atoms with van der Waals surface area (Å²) < 4.78 is 12.0. The first-order valence-corrected chi connectivity index (χ1v) is 11.1. The number of rotatable bonds is 9. The number of carbonyl (C=O) groups is 1. The van der Waals surface area contributed by atoms with Gasteiger partial charge >= 0.3 is 0 Å². The van der Waals surface area contributed by atoms with Crippen molar-refractivity contribution in [3.8, 4) is 22.6 Å². The van der Waals surface area contributed by atoms with Gasteiger partial charge in [0.05, 0.1) is 5.69 Å². The van der Waals surface area contributed by atoms with E-state index in [0.717, 1.165) is 16.7 Å². The van der Waals surface area contributed by atoms with Crippen LogP contribution in [0.4, 0.5) is 5.69 Å². The molecule has 4 aromatic carbocycles. The van der Waals surface area contributed by atoms with E-state index in [4.69, 9.17) is 9.47 Å². The third kappa shape index (κ3) is 6.01. The van der Waals surface area contributed by atoms with Gasteiger partial charge in [-0.25, -0.2) is 0 Å². The maximum absolute atomic E-state index is 13.0. The Balaban J connectivity index is 1.40. The van der Waals surface area contributed by atoms with Gasteiger partial charge in [-0.1, -0.05) is 91.9 Å². The fraction of sp³-hybridized carbons (Fsp3) is 0.138. The molecule has 0 saturated heterocycles. The van der Waals surface area contributed by atoms with Gasteiger partial charge in [0.2, 0.25) is 0 Å². The molecule has 0 aliphatic carbocycles. The first-order valence-electron chi connectivity index (χ1n) is 11.1. The maximum atomic E-state index is 13.0. The maximum Gasteiger partial charge on any atom is 0.265 e. The Morgan fingerprint density at radius 3 is 2.06 bits per heavy atom. The number of nitrogens with one attached hydrogen (secondary N) is 1. The lowest BCUT2D eigenvalue weighted by Gasteiger charge is -2.19. The Bertz CT molecular complexity index is 1160. The average molecular weight is 438 g/mol. The van der Waals surface area contributed by atoms with Gasteiger partial charge in [-0.05, 0) is 47.4 Å². The first-order chi connectivity index (χ1) is 16.2. The topological polar surface area (TPSA) is 47.6 Å². The van der Waals surface area contributed by atoms with Crippen LogP contribution in [0.25, 0.3) is 11.1 Å². The quantitative estimate of drug-likeness (QED) is 0.316. The van der Waals surface area contributed by atoms with E-state index in [1.807, 2.05) is 104 Å². The summed E-state index contributed by atoms with van der Waals surface area (Å²) in [6.45, 7) is 2.36. The van der Waals surface area contributed by atoms with Crippen LogP contribution in [-0.2, 0) is 11.4 Å². The third-order valence-corrected chi connectivity index (χ3v) is 5.29. The van der Waals surface area contributed by atoms with E-state index < -0.39 is 6.10 Å². The number of benzene rings is 4. The summed E-state index contributed by atoms with van der Waals surface area (Å²) in [5.41, 5.74) is 3.93. The molecule has 1 unspecified atom stereocenters. The van der Waals surface area contributed by atoms with Crippen LogP contribution in [0.1, 0.15) is 18.9 Å². The molecular formula is C29H27NO3. The molecule has 1 atom stereocenters. The van der Waals surface area contributed by atoms with Gasteiger partial charge in [0, 0.05) is 0 Å². The smallest absolute Gasteiger partial charge is 0.265 e. The van der Waals surface area contributed by atoms with Crippen molar-refractivity contribution in [1.29, 1.82) is 0 Å². The van der Waals surface area contributed by atoms with Crippen molar-refractivity contribution in [3.63, 3.8) is 0 Å². The monoisotopic (exact) mass is 437 g/mol. The zero-order chi connectivity index (χ0) is 22.9. The molecule has 33 heavy (non-hydrogen) atoms. The van der Waals surface area contributed by atoms with Crippen LogP contribution in [0.2, 0.25) is 0 Å². The second kappa shape index (κ2) is 11.0. The largest absolute Gasteiger partial charge is 0.487 e. The third-order valence-electron chi connectivity index (χ3n) is 5.29. The van der Waals surface area contributed by atoms with E-state index >= 15 is 0 Å². The molecule has 4 heteroatoms. The standard InChI is InChI=1S/C29H27NO3/c1-2-27(33-25-19-17-24(18-20-25)23-13-7-4-8-14-23)29(31)30-26-15-9-10-16-28(26)32-21-22-11-5-3-6-12-22/h3-20,27H,2,21H2,1H3,(H,30,31). The van der Waals surface area contributed by atoms with Crippen LogP contribution in [0, 0.1) is 0 Å². The summed E-state index contributed by atoms with van der Waals surface area (Å²) >= 11 is 0. The molecule has 1 N–H and O–H groups in total. The SMILES string of the molecule is CCC(Oc1ccc(-c2ccccc2)cc1)C(=O)Nc1ccccc1OCc1ccccc1. The summed E-state index contributed by atoms with van der Waals surface area (Å²) in [4.78, 5) is 13.0. The predicted molar refractivity (Wildman–Crippen MR) is 132 cm³/mol. The molecule has 0 aliphatic heterocycles. The average Bonchev–Trinajstić information content (AvgIpc) is 2.88. The molecule has 0 aromatic heterocycles. The molecule has 0 saturated carbocycles. The highest BCUT2D eigenvalue weighted by molar-refractivity contribution is 5.95. The molecule has 0 radical (unpaired) electrons. The number of ether oxygens (including phenoxy) is 2. The van der Waals surface area contributed by atoms with Gasteiger partial charge in [-0.3, -0.25) is 4.79 Å². The summed E-state index contributed by atoms with van der Waals surface area (Å²) in [6.07, 6.45) is -0.0750. The number of hydrogen-bond acceptors (Lipinski definition) is 3. The van der Waals surface area contributed by atoms with E-state index in [0.29, 0.717) is 30.2 Å². The van der Waals surface area contributed by atoms with Gasteiger partial charge in [-0.2, -0.15) is 0 Å². The molecule has 0 spiro atoms. The van der Waals surface area contributed by atoms with E-state index in [1.165, 1.54) is 0 Å². The van der Waals surface area contributed by atoms with Crippen molar-refractivity contribution in [3.05, 3.63) is 115 Å². The molecule has 0 heterocycles. The Labute approximate surface area is 194 Å². The second-order valence-electron chi connectivity index (χ2n) is 7.66. The highest BCUT2D eigenvalue weighted by Crippen LogP contribution is 2.26. The van der Waals surface area contributed by atoms with Crippen molar-refractivity contribution < 1.29 is 14.3 Å². The molecular weight excluding hydrogens is 410 g/mol. The highest BCUT2D eigenvalue weighted by atomic mass is 16.5. The minimum absolute atomic E-state index is 0.208. The van der Waals surface area contributed by atoms with Gasteiger partial charge in [0.1, 0.15) is 18.1 Å². The number of anilines is 1. The fourth-order valence-corrected chi connectivity index (χ4v) is 3.49. The normalized spacial score (nSPS) is 11.4. The summed E-state index contributed by atoms with van der Waals surface area (Å²) in [7, 11) is 0. The predicted octanol–water partition coefficient (Wildman–Crippen LogP) is 6.73. The van der Waals surface area contributed by atoms with Crippen LogP contribution in [0.3, 0.4) is 0 Å². The van der Waals surface area contributed by atoms with Gasteiger partial charge in [-0.15, -0.1) is 0 Å². The van der Waals surface area contributed by atoms with E-state index in [1.54, 1.807) is 0 Å². The molecule has 0 fully saturated rings. The molecule has 0 aliphatic rings. The lowest BCUT2D eigenvalue weighted by Crippen LogP contribution is -2.32. The van der Waals surface area contributed by atoms with Crippen LogP contribution in [0.15, 0.2) is 109 Å². The molecule has 0 bridgehead atoms. The Morgan fingerprint density at radius 2 is 1.36 bits per heavy atom. The van der Waals surface area contributed by atoms with Crippen LogP contribution < -0.4 is 14.8 Å². The molecule has 166 valence electrons. The fourth-order valence-electron chi connectivity index (χ4n) is 3.49. The molecule has 4 rings (SSSR count). The minimum atomic E-state index is -0.616. The minimum Gasteiger partial charge on any atom is -0.487 e. The Hall–Kier alpha value is -4.05. The summed E-state index contributed by atoms with van der Waals surface area (Å²) in [5, 5.41) is 2.97. The van der Waals surface area contributed by atoms with Crippen LogP contribution in [-0.4, -0.2) is 12.0 Å². The van der Waals surface area contributed by atoms with Crippen molar-refractivity contribution in [2.24, 2.45) is 0 Å². The van der Waals surface area contributed by atoms with Crippen LogP contribution in [0.5, 0.6) is 11.5 Å². The molecule has 4 aromatic rings. The second-order valence-corrected chi connectivity index (χ2v) is 7.66. The zero-order valence-electron chi connectivity index (χ0n) is 18.6. The first kappa shape index (κ1) is 22.2. The van der Waals surface area contributed by atoms with E-state index in [2.05, 4.69) is 17.4 Å². The Morgan fingerprint density at radius 1 is 0.758 bits per heavy atom. The molecule has 1 amide bonds. The molecule has 4 nitrogen and oxygen atoms in total. The number of carbonyl (C=O) groups excluding carboxylic acids is 1. The van der Waals surface area contributed by atoms with Gasteiger partial charge < -0.3 is 14.8 Å². The van der Waals surface area contributed by atoms with E-state index in [-0.39, 0.29) is 5.91 Å². The lowest BCUT2D eigenvalue weighted by atomic mass is 10.1. The number of amides is 1. The van der Waals surface area contributed by atoms with Crippen molar-refractivity contribution in [1.82, 2.24) is 0 Å². The number of para-hydroxylation sites is 2. The van der Waals surface area contributed by atoms with Crippen LogP contribution >= 0.6 is 0 Å². The van der Waals surface area contributed by atoms with Crippen molar-refractivity contribution >= 4 is 11.6 Å². The van der Waals surface area contributed by atoms with Crippen molar-refractivity contribution in [2.45, 2.75) is 26.1 Å².